The summed E-state index contributed by atoms with van der Waals surface area (Å²) in [6.07, 6.45) is 3.82. The molecule has 7 nitrogen and oxygen atoms in total. The van der Waals surface area contributed by atoms with Gasteiger partial charge in [0.2, 0.25) is 0 Å². The number of aromatic nitrogens is 3. The van der Waals surface area contributed by atoms with E-state index >= 15 is 0 Å². The second-order valence-corrected chi connectivity index (χ2v) is 8.24. The van der Waals surface area contributed by atoms with E-state index in [1.165, 1.54) is 11.1 Å². The topological polar surface area (TPSA) is 70.4 Å². The zero-order valence-corrected chi connectivity index (χ0v) is 18.9. The van der Waals surface area contributed by atoms with Crippen molar-refractivity contribution in [1.29, 1.82) is 0 Å². The summed E-state index contributed by atoms with van der Waals surface area (Å²) >= 11 is 0. The van der Waals surface area contributed by atoms with Crippen molar-refractivity contribution in [2.24, 2.45) is 10.9 Å². The van der Waals surface area contributed by atoms with Crippen LogP contribution >= 0.6 is 0 Å². The Morgan fingerprint density at radius 1 is 1.17 bits per heavy atom. The lowest BCUT2D eigenvalue weighted by Crippen LogP contribution is -2.45. The number of aryl methyl sites for hydroxylation is 1. The van der Waals surface area contributed by atoms with Gasteiger partial charge in [-0.2, -0.15) is 0 Å². The maximum Gasteiger partial charge on any atom is 0.191 e. The van der Waals surface area contributed by atoms with Crippen LogP contribution in [0.3, 0.4) is 0 Å². The molecule has 3 rings (SSSR count). The third kappa shape index (κ3) is 5.81. The lowest BCUT2D eigenvalue weighted by molar-refractivity contribution is 0.144. The van der Waals surface area contributed by atoms with Crippen LogP contribution < -0.4 is 10.6 Å². The summed E-state index contributed by atoms with van der Waals surface area (Å²) < 4.78 is 2.10. The zero-order valence-electron chi connectivity index (χ0n) is 18.9. The first-order valence-corrected chi connectivity index (χ1v) is 11.3. The summed E-state index contributed by atoms with van der Waals surface area (Å²) in [5.74, 6) is 2.45. The number of aliphatic imine (C=N–C) groups is 1. The van der Waals surface area contributed by atoms with Gasteiger partial charge in [0.1, 0.15) is 12.2 Å². The average molecular weight is 412 g/mol. The molecule has 164 valence electrons. The van der Waals surface area contributed by atoms with Gasteiger partial charge in [-0.25, -0.2) is 0 Å². The number of rotatable bonds is 9. The number of benzene rings is 1. The fourth-order valence-electron chi connectivity index (χ4n) is 4.11. The van der Waals surface area contributed by atoms with Crippen LogP contribution in [-0.2, 0) is 25.9 Å². The van der Waals surface area contributed by atoms with E-state index in [-0.39, 0.29) is 0 Å². The van der Waals surface area contributed by atoms with E-state index in [2.05, 4.69) is 82.3 Å². The highest BCUT2D eigenvalue weighted by Crippen LogP contribution is 2.23. The molecule has 30 heavy (non-hydrogen) atoms. The standard InChI is InChI=1S/C23H37N7/c1-5-22-28-27-17-30(22)14-12-25-23(24-6-2)26-15-21(18(3)4)29-13-11-19-9-7-8-10-20(19)16-29/h7-10,17-18,21H,5-6,11-16H2,1-4H3,(H2,24,25,26). The Morgan fingerprint density at radius 3 is 2.70 bits per heavy atom. The van der Waals surface area contributed by atoms with Crippen LogP contribution in [0.2, 0.25) is 0 Å². The van der Waals surface area contributed by atoms with Gasteiger partial charge in [0.25, 0.3) is 0 Å². The highest BCUT2D eigenvalue weighted by molar-refractivity contribution is 5.79. The van der Waals surface area contributed by atoms with E-state index in [9.17, 15) is 0 Å². The molecule has 0 amide bonds. The van der Waals surface area contributed by atoms with Crippen LogP contribution in [0.1, 0.15) is 44.6 Å². The number of nitrogens with one attached hydrogen (secondary N) is 2. The quantitative estimate of drug-likeness (QED) is 0.490. The molecule has 2 aromatic rings. The lowest BCUT2D eigenvalue weighted by atomic mass is 9.95. The summed E-state index contributed by atoms with van der Waals surface area (Å²) in [5.41, 5.74) is 2.96. The fourth-order valence-corrected chi connectivity index (χ4v) is 4.11. The predicted octanol–water partition coefficient (Wildman–Crippen LogP) is 2.48. The second-order valence-electron chi connectivity index (χ2n) is 8.24. The molecule has 0 saturated carbocycles. The fraction of sp³-hybridized carbons (Fsp3) is 0.609. The van der Waals surface area contributed by atoms with Crippen LogP contribution in [0.5, 0.6) is 0 Å². The maximum absolute atomic E-state index is 4.94. The SMILES string of the molecule is CCNC(=NCC(C(C)C)N1CCc2ccccc2C1)NCCn1cnnc1CC. The molecule has 1 aromatic carbocycles. The van der Waals surface area contributed by atoms with Gasteiger partial charge < -0.3 is 15.2 Å². The van der Waals surface area contributed by atoms with E-state index < -0.39 is 0 Å². The molecule has 1 unspecified atom stereocenters. The molecular formula is C23H37N7. The summed E-state index contributed by atoms with van der Waals surface area (Å²) in [7, 11) is 0. The first-order chi connectivity index (χ1) is 14.6. The number of hydrogen-bond acceptors (Lipinski definition) is 4. The van der Waals surface area contributed by atoms with Gasteiger partial charge in [-0.15, -0.1) is 10.2 Å². The number of guanidine groups is 1. The van der Waals surface area contributed by atoms with E-state index in [0.29, 0.717) is 12.0 Å². The number of hydrogen-bond donors (Lipinski definition) is 2. The molecule has 0 saturated heterocycles. The van der Waals surface area contributed by atoms with E-state index in [0.717, 1.165) is 63.9 Å². The molecule has 1 atom stereocenters. The van der Waals surface area contributed by atoms with Crippen molar-refractivity contribution >= 4 is 5.96 Å². The van der Waals surface area contributed by atoms with Gasteiger partial charge in [0, 0.05) is 45.2 Å². The number of fused-ring (bicyclic) bond motifs is 1. The van der Waals surface area contributed by atoms with Gasteiger partial charge in [-0.3, -0.25) is 9.89 Å². The van der Waals surface area contributed by atoms with E-state index in [1.54, 1.807) is 6.33 Å². The highest BCUT2D eigenvalue weighted by atomic mass is 15.3. The molecule has 7 heteroatoms. The Hall–Kier alpha value is -2.41. The molecule has 0 radical (unpaired) electrons. The van der Waals surface area contributed by atoms with Crippen molar-refractivity contribution in [3.8, 4) is 0 Å². The van der Waals surface area contributed by atoms with Crippen molar-refractivity contribution < 1.29 is 0 Å². The lowest BCUT2D eigenvalue weighted by Gasteiger charge is -2.37. The minimum absolute atomic E-state index is 0.429. The average Bonchev–Trinajstić information content (AvgIpc) is 3.21. The normalized spacial score (nSPS) is 15.8. The molecule has 1 aliphatic rings. The molecule has 0 fully saturated rings. The van der Waals surface area contributed by atoms with Gasteiger partial charge >= 0.3 is 0 Å². The summed E-state index contributed by atoms with van der Waals surface area (Å²) in [6, 6.07) is 9.26. The minimum Gasteiger partial charge on any atom is -0.357 e. The summed E-state index contributed by atoms with van der Waals surface area (Å²) in [5, 5.41) is 15.0. The van der Waals surface area contributed by atoms with Crippen molar-refractivity contribution in [1.82, 2.24) is 30.3 Å². The van der Waals surface area contributed by atoms with Gasteiger partial charge in [0.15, 0.2) is 5.96 Å². The summed E-state index contributed by atoms with van der Waals surface area (Å²) in [4.78, 5) is 7.54. The molecule has 2 heterocycles. The molecular weight excluding hydrogens is 374 g/mol. The molecule has 0 bridgehead atoms. The Kier molecular flexibility index (Phi) is 8.25. The second kappa shape index (κ2) is 11.1. The molecule has 1 aliphatic heterocycles. The summed E-state index contributed by atoms with van der Waals surface area (Å²) in [6.45, 7) is 14.2. The van der Waals surface area contributed by atoms with Crippen molar-refractivity contribution in [3.05, 3.63) is 47.5 Å². The Balaban J connectivity index is 1.59. The first-order valence-electron chi connectivity index (χ1n) is 11.3. The van der Waals surface area contributed by atoms with Crippen LogP contribution in [0.25, 0.3) is 0 Å². The third-order valence-electron chi connectivity index (χ3n) is 5.84. The third-order valence-corrected chi connectivity index (χ3v) is 5.84. The monoisotopic (exact) mass is 411 g/mol. The van der Waals surface area contributed by atoms with E-state index in [1.807, 2.05) is 0 Å². The van der Waals surface area contributed by atoms with Gasteiger partial charge in [-0.05, 0) is 30.4 Å². The molecule has 2 N–H and O–H groups in total. The zero-order chi connectivity index (χ0) is 21.3. The van der Waals surface area contributed by atoms with Crippen LogP contribution in [0, 0.1) is 5.92 Å². The minimum atomic E-state index is 0.429. The number of nitrogens with zero attached hydrogens (tertiary/aromatic N) is 5. The van der Waals surface area contributed by atoms with Crippen molar-refractivity contribution in [2.75, 3.05) is 26.2 Å². The predicted molar refractivity (Wildman–Crippen MR) is 123 cm³/mol. The van der Waals surface area contributed by atoms with Crippen molar-refractivity contribution in [2.45, 2.75) is 59.7 Å². The molecule has 1 aromatic heterocycles. The first kappa shape index (κ1) is 22.3. The van der Waals surface area contributed by atoms with E-state index in [4.69, 9.17) is 4.99 Å². The maximum atomic E-state index is 4.94. The molecule has 0 aliphatic carbocycles. The largest absolute Gasteiger partial charge is 0.357 e. The van der Waals surface area contributed by atoms with Crippen LogP contribution in [0.15, 0.2) is 35.6 Å². The Labute approximate surface area is 181 Å². The highest BCUT2D eigenvalue weighted by Gasteiger charge is 2.25. The Morgan fingerprint density at radius 2 is 1.97 bits per heavy atom. The van der Waals surface area contributed by atoms with Gasteiger partial charge in [-0.1, -0.05) is 45.0 Å². The molecule has 0 spiro atoms. The van der Waals surface area contributed by atoms with Crippen LogP contribution in [-0.4, -0.2) is 57.8 Å². The smallest absolute Gasteiger partial charge is 0.191 e. The Bertz CT molecular complexity index is 811. The van der Waals surface area contributed by atoms with Gasteiger partial charge in [0.05, 0.1) is 6.54 Å². The van der Waals surface area contributed by atoms with Crippen LogP contribution in [0.4, 0.5) is 0 Å². The van der Waals surface area contributed by atoms with Crippen molar-refractivity contribution in [3.63, 3.8) is 0 Å².